The average Bonchev–Trinajstić information content (AvgIpc) is 2.93. The van der Waals surface area contributed by atoms with Crippen molar-refractivity contribution in [2.75, 3.05) is 19.0 Å². The number of nitrogens with one attached hydrogen (secondary N) is 1. The minimum absolute atomic E-state index is 0.217. The molecule has 0 aliphatic rings. The molecule has 0 aliphatic heterocycles. The maximum absolute atomic E-state index is 13.4. The Labute approximate surface area is 148 Å². The molecule has 1 amide bonds. The van der Waals surface area contributed by atoms with Gasteiger partial charge in [0.1, 0.15) is 5.82 Å². The Morgan fingerprint density at radius 3 is 2.73 bits per heavy atom. The number of hydrogen-bond acceptors (Lipinski definition) is 5. The minimum Gasteiger partial charge on any atom is -0.481 e. The molecular weight excluding hydrogens is 348 g/mol. The summed E-state index contributed by atoms with van der Waals surface area (Å²) in [5.74, 6) is -2.35. The molecule has 0 fully saturated rings. The fourth-order valence-corrected chi connectivity index (χ4v) is 2.19. The first-order chi connectivity index (χ1) is 12.4. The van der Waals surface area contributed by atoms with Crippen molar-refractivity contribution >= 4 is 17.7 Å². The van der Waals surface area contributed by atoms with Crippen LogP contribution in [0.1, 0.15) is 18.5 Å². The summed E-state index contributed by atoms with van der Waals surface area (Å²) in [4.78, 5) is 23.0. The number of carbonyl (C=O) groups excluding carboxylic acids is 2. The number of esters is 1. The van der Waals surface area contributed by atoms with Gasteiger partial charge in [-0.2, -0.15) is 5.10 Å². The van der Waals surface area contributed by atoms with Crippen LogP contribution in [0.2, 0.25) is 0 Å². The molecule has 0 bridgehead atoms. The van der Waals surface area contributed by atoms with Gasteiger partial charge >= 0.3 is 5.97 Å². The molecule has 140 valence electrons. The highest BCUT2D eigenvalue weighted by molar-refractivity contribution is 5.91. The molecule has 1 N–H and O–H groups in total. The number of aromatic nitrogens is 2. The average molecular weight is 367 g/mol. The molecule has 26 heavy (non-hydrogen) atoms. The molecule has 9 heteroatoms. The molecule has 2 aromatic rings. The standard InChI is InChI=1S/C17H19F2N3O4/c1-11-8-15(21-22(11)7-3-4-17(24)25-2)20-16(23)10-26-14-6-5-12(18)9-13(14)19/h5-6,8-9H,3-4,7,10H2,1-2H3,(H,20,21,23). The Kier molecular flexibility index (Phi) is 6.65. The van der Waals surface area contributed by atoms with Crippen molar-refractivity contribution < 1.29 is 27.8 Å². The number of methoxy groups -OCH3 is 1. The quantitative estimate of drug-likeness (QED) is 0.725. The van der Waals surface area contributed by atoms with Gasteiger partial charge in [0.25, 0.3) is 5.91 Å². The highest BCUT2D eigenvalue weighted by Crippen LogP contribution is 2.17. The monoisotopic (exact) mass is 367 g/mol. The van der Waals surface area contributed by atoms with E-state index in [1.54, 1.807) is 10.7 Å². The Bertz CT molecular complexity index is 792. The van der Waals surface area contributed by atoms with Crippen LogP contribution in [0.25, 0.3) is 0 Å². The molecule has 1 heterocycles. The third-order valence-electron chi connectivity index (χ3n) is 3.48. The maximum Gasteiger partial charge on any atom is 0.305 e. The number of ether oxygens (including phenoxy) is 2. The third kappa shape index (κ3) is 5.54. The van der Waals surface area contributed by atoms with Gasteiger partial charge in [0.15, 0.2) is 24.0 Å². The molecule has 0 atom stereocenters. The molecule has 0 saturated heterocycles. The first-order valence-corrected chi connectivity index (χ1v) is 7.88. The Morgan fingerprint density at radius 1 is 1.27 bits per heavy atom. The second-order valence-electron chi connectivity index (χ2n) is 5.49. The second kappa shape index (κ2) is 8.93. The van der Waals surface area contributed by atoms with Crippen molar-refractivity contribution in [2.45, 2.75) is 26.3 Å². The summed E-state index contributed by atoms with van der Waals surface area (Å²) in [5.41, 5.74) is 0.802. The van der Waals surface area contributed by atoms with Gasteiger partial charge in [0, 0.05) is 30.8 Å². The van der Waals surface area contributed by atoms with E-state index in [1.807, 2.05) is 6.92 Å². The number of amides is 1. The minimum atomic E-state index is -0.886. The van der Waals surface area contributed by atoms with Crippen molar-refractivity contribution in [3.05, 3.63) is 41.6 Å². The lowest BCUT2D eigenvalue weighted by Crippen LogP contribution is -2.21. The largest absolute Gasteiger partial charge is 0.481 e. The zero-order chi connectivity index (χ0) is 19.1. The number of nitrogens with zero attached hydrogens (tertiary/aromatic N) is 2. The van der Waals surface area contributed by atoms with E-state index in [-0.39, 0.29) is 18.1 Å². The van der Waals surface area contributed by atoms with Crippen molar-refractivity contribution in [2.24, 2.45) is 0 Å². The molecule has 0 unspecified atom stereocenters. The van der Waals surface area contributed by atoms with Crippen molar-refractivity contribution in [1.82, 2.24) is 9.78 Å². The van der Waals surface area contributed by atoms with Crippen LogP contribution in [-0.2, 0) is 20.9 Å². The van der Waals surface area contributed by atoms with Crippen LogP contribution in [0.5, 0.6) is 5.75 Å². The highest BCUT2D eigenvalue weighted by atomic mass is 19.1. The van der Waals surface area contributed by atoms with E-state index >= 15 is 0 Å². The molecule has 0 spiro atoms. The van der Waals surface area contributed by atoms with E-state index in [0.29, 0.717) is 24.8 Å². The summed E-state index contributed by atoms with van der Waals surface area (Å²) in [6, 6.07) is 4.48. The number of hydrogen-bond donors (Lipinski definition) is 1. The first kappa shape index (κ1) is 19.4. The Morgan fingerprint density at radius 2 is 2.04 bits per heavy atom. The van der Waals surface area contributed by atoms with Crippen LogP contribution < -0.4 is 10.1 Å². The van der Waals surface area contributed by atoms with Crippen LogP contribution >= 0.6 is 0 Å². The molecule has 1 aromatic heterocycles. The lowest BCUT2D eigenvalue weighted by Gasteiger charge is -2.07. The van der Waals surface area contributed by atoms with Crippen molar-refractivity contribution in [1.29, 1.82) is 0 Å². The smallest absolute Gasteiger partial charge is 0.305 e. The van der Waals surface area contributed by atoms with Gasteiger partial charge in [-0.05, 0) is 25.5 Å². The summed E-state index contributed by atoms with van der Waals surface area (Å²) < 4.78 is 37.5. The summed E-state index contributed by atoms with van der Waals surface area (Å²) in [6.07, 6.45) is 0.824. The lowest BCUT2D eigenvalue weighted by molar-refractivity contribution is -0.140. The number of anilines is 1. The predicted octanol–water partition coefficient (Wildman–Crippen LogP) is 2.44. The van der Waals surface area contributed by atoms with Crippen molar-refractivity contribution in [3.8, 4) is 5.75 Å². The number of aryl methyl sites for hydroxylation is 2. The van der Waals surface area contributed by atoms with Gasteiger partial charge in [0.05, 0.1) is 7.11 Å². The van der Waals surface area contributed by atoms with Gasteiger partial charge in [0.2, 0.25) is 0 Å². The first-order valence-electron chi connectivity index (χ1n) is 7.88. The van der Waals surface area contributed by atoms with E-state index < -0.39 is 24.1 Å². The molecule has 7 nitrogen and oxygen atoms in total. The van der Waals surface area contributed by atoms with Crippen molar-refractivity contribution in [3.63, 3.8) is 0 Å². The van der Waals surface area contributed by atoms with Crippen LogP contribution in [0.4, 0.5) is 14.6 Å². The number of rotatable bonds is 8. The summed E-state index contributed by atoms with van der Waals surface area (Å²) >= 11 is 0. The zero-order valence-electron chi connectivity index (χ0n) is 14.4. The zero-order valence-corrected chi connectivity index (χ0v) is 14.4. The second-order valence-corrected chi connectivity index (χ2v) is 5.49. The van der Waals surface area contributed by atoms with Crippen LogP contribution in [-0.4, -0.2) is 35.4 Å². The molecule has 0 radical (unpaired) electrons. The fraction of sp³-hybridized carbons (Fsp3) is 0.353. The number of benzene rings is 1. The fourth-order valence-electron chi connectivity index (χ4n) is 2.19. The third-order valence-corrected chi connectivity index (χ3v) is 3.48. The van der Waals surface area contributed by atoms with E-state index in [0.717, 1.165) is 17.8 Å². The summed E-state index contributed by atoms with van der Waals surface area (Å²) in [7, 11) is 1.33. The highest BCUT2D eigenvalue weighted by Gasteiger charge is 2.11. The van der Waals surface area contributed by atoms with Gasteiger partial charge in [-0.1, -0.05) is 0 Å². The van der Waals surface area contributed by atoms with Crippen LogP contribution in [0.3, 0.4) is 0 Å². The van der Waals surface area contributed by atoms with E-state index in [1.165, 1.54) is 7.11 Å². The normalized spacial score (nSPS) is 10.5. The topological polar surface area (TPSA) is 82.5 Å². The molecule has 1 aromatic carbocycles. The van der Waals surface area contributed by atoms with Crippen LogP contribution in [0, 0.1) is 18.6 Å². The van der Waals surface area contributed by atoms with Gasteiger partial charge in [-0.3, -0.25) is 14.3 Å². The Hall–Kier alpha value is -2.97. The number of halogens is 2. The van der Waals surface area contributed by atoms with Gasteiger partial charge in [-0.25, -0.2) is 8.78 Å². The van der Waals surface area contributed by atoms with Gasteiger partial charge < -0.3 is 14.8 Å². The SMILES string of the molecule is COC(=O)CCCn1nc(NC(=O)COc2ccc(F)cc2F)cc1C. The maximum atomic E-state index is 13.4. The predicted molar refractivity (Wildman–Crippen MR) is 88.7 cm³/mol. The molecule has 0 aliphatic carbocycles. The van der Waals surface area contributed by atoms with Crippen LogP contribution in [0.15, 0.2) is 24.3 Å². The lowest BCUT2D eigenvalue weighted by atomic mass is 10.3. The van der Waals surface area contributed by atoms with E-state index in [9.17, 15) is 18.4 Å². The molecule has 2 rings (SSSR count). The summed E-state index contributed by atoms with van der Waals surface area (Å²) in [5, 5.41) is 6.74. The Balaban J connectivity index is 1.85. The summed E-state index contributed by atoms with van der Waals surface area (Å²) in [6.45, 7) is 1.86. The van der Waals surface area contributed by atoms with E-state index in [4.69, 9.17) is 4.74 Å². The molecular formula is C17H19F2N3O4. The van der Waals surface area contributed by atoms with Gasteiger partial charge in [-0.15, -0.1) is 0 Å². The number of carbonyl (C=O) groups is 2. The molecule has 0 saturated carbocycles. The van der Waals surface area contributed by atoms with E-state index in [2.05, 4.69) is 15.2 Å².